The third-order valence-electron chi connectivity index (χ3n) is 6.92. The number of hydrogen-bond acceptors (Lipinski definition) is 7. The van der Waals surface area contributed by atoms with E-state index in [0.29, 0.717) is 65.2 Å². The molecule has 1 fully saturated rings. The number of aryl methyl sites for hydroxylation is 2. The molecule has 38 heavy (non-hydrogen) atoms. The van der Waals surface area contributed by atoms with Gasteiger partial charge in [-0.15, -0.1) is 0 Å². The molecule has 5 rings (SSSR count). The van der Waals surface area contributed by atoms with Crippen molar-refractivity contribution in [3.8, 4) is 0 Å². The summed E-state index contributed by atoms with van der Waals surface area (Å²) in [6.45, 7) is 2.46. The lowest BCUT2D eigenvalue weighted by atomic mass is 10.0. The SMILES string of the molecule is Cc1nonc1C1CCCN1C(=O)c1ccc2nc(C3=CC=C(Cl)C=CC3)c(CCCCC(=O)O)nc2c1. The van der Waals surface area contributed by atoms with E-state index in [2.05, 4.69) is 10.3 Å². The lowest BCUT2D eigenvalue weighted by molar-refractivity contribution is -0.137. The zero-order valence-corrected chi connectivity index (χ0v) is 21.8. The number of nitrogens with zero attached hydrogens (tertiary/aromatic N) is 5. The molecule has 1 aliphatic carbocycles. The van der Waals surface area contributed by atoms with Crippen LogP contribution in [0.4, 0.5) is 0 Å². The van der Waals surface area contributed by atoms with Gasteiger partial charge in [-0.25, -0.2) is 14.6 Å². The van der Waals surface area contributed by atoms with Gasteiger partial charge in [-0.1, -0.05) is 34.1 Å². The molecule has 1 atom stereocenters. The number of aliphatic carboxylic acids is 1. The average molecular weight is 534 g/mol. The molecule has 0 radical (unpaired) electrons. The molecule has 0 bridgehead atoms. The first-order valence-electron chi connectivity index (χ1n) is 12.8. The fraction of sp³-hybridized carbons (Fsp3) is 0.357. The topological polar surface area (TPSA) is 122 Å². The Bertz CT molecular complexity index is 1480. The van der Waals surface area contributed by atoms with Crippen molar-refractivity contribution >= 4 is 40.1 Å². The molecule has 1 N–H and O–H groups in total. The molecular formula is C28H28ClN5O4. The number of halogens is 1. The highest BCUT2D eigenvalue weighted by molar-refractivity contribution is 6.31. The fourth-order valence-corrected chi connectivity index (χ4v) is 5.15. The predicted molar refractivity (Wildman–Crippen MR) is 142 cm³/mol. The molecule has 1 saturated heterocycles. The van der Waals surface area contributed by atoms with Crippen molar-refractivity contribution < 1.29 is 19.3 Å². The van der Waals surface area contributed by atoms with Gasteiger partial charge in [-0.3, -0.25) is 9.59 Å². The lowest BCUT2D eigenvalue weighted by Crippen LogP contribution is -2.31. The van der Waals surface area contributed by atoms with Crippen molar-refractivity contribution in [2.75, 3.05) is 6.54 Å². The maximum atomic E-state index is 13.6. The quantitative estimate of drug-likeness (QED) is 0.373. The van der Waals surface area contributed by atoms with Gasteiger partial charge in [-0.05, 0) is 81.4 Å². The van der Waals surface area contributed by atoms with Gasteiger partial charge < -0.3 is 10.0 Å². The zero-order valence-electron chi connectivity index (χ0n) is 21.1. The Labute approximate surface area is 224 Å². The van der Waals surface area contributed by atoms with Gasteiger partial charge in [0.15, 0.2) is 0 Å². The Morgan fingerprint density at radius 3 is 2.82 bits per heavy atom. The van der Waals surface area contributed by atoms with Crippen molar-refractivity contribution in [1.29, 1.82) is 0 Å². The van der Waals surface area contributed by atoms with Crippen LogP contribution in [0, 0.1) is 6.92 Å². The van der Waals surface area contributed by atoms with E-state index in [-0.39, 0.29) is 18.4 Å². The van der Waals surface area contributed by atoms with Gasteiger partial charge in [0, 0.05) is 23.6 Å². The Morgan fingerprint density at radius 1 is 1.16 bits per heavy atom. The summed E-state index contributed by atoms with van der Waals surface area (Å²) in [5.74, 6) is -0.909. The van der Waals surface area contributed by atoms with Crippen LogP contribution in [0.15, 0.2) is 52.2 Å². The van der Waals surface area contributed by atoms with Crippen LogP contribution in [0.3, 0.4) is 0 Å². The van der Waals surface area contributed by atoms with Crippen LogP contribution in [0.2, 0.25) is 0 Å². The maximum absolute atomic E-state index is 13.6. The normalized spacial score (nSPS) is 17.4. The van der Waals surface area contributed by atoms with Gasteiger partial charge >= 0.3 is 5.97 Å². The minimum absolute atomic E-state index is 0.0953. The van der Waals surface area contributed by atoms with E-state index in [1.54, 1.807) is 12.1 Å². The third-order valence-corrected chi connectivity index (χ3v) is 7.17. The molecule has 0 spiro atoms. The van der Waals surface area contributed by atoms with Gasteiger partial charge in [0.25, 0.3) is 5.91 Å². The van der Waals surface area contributed by atoms with Crippen molar-refractivity contribution in [3.63, 3.8) is 0 Å². The number of carbonyl (C=O) groups excluding carboxylic acids is 1. The second-order valence-corrected chi connectivity index (χ2v) is 10.0. The van der Waals surface area contributed by atoms with E-state index < -0.39 is 5.97 Å². The second-order valence-electron chi connectivity index (χ2n) is 9.56. The van der Waals surface area contributed by atoms with Gasteiger partial charge in [0.2, 0.25) is 0 Å². The second kappa shape index (κ2) is 11.3. The maximum Gasteiger partial charge on any atom is 0.303 e. The number of allylic oxidation sites excluding steroid dienone is 6. The summed E-state index contributed by atoms with van der Waals surface area (Å²) in [5.41, 5.74) is 5.77. The largest absolute Gasteiger partial charge is 0.481 e. The number of carbonyl (C=O) groups is 2. The van der Waals surface area contributed by atoms with Crippen LogP contribution in [0.5, 0.6) is 0 Å². The minimum atomic E-state index is -0.814. The highest BCUT2D eigenvalue weighted by Gasteiger charge is 2.34. The molecule has 3 heterocycles. The van der Waals surface area contributed by atoms with E-state index in [9.17, 15) is 9.59 Å². The van der Waals surface area contributed by atoms with Crippen LogP contribution < -0.4 is 0 Å². The summed E-state index contributed by atoms with van der Waals surface area (Å²) < 4.78 is 4.88. The summed E-state index contributed by atoms with van der Waals surface area (Å²) in [7, 11) is 0. The fourth-order valence-electron chi connectivity index (χ4n) is 5.00. The Hall–Kier alpha value is -3.85. The number of aromatic nitrogens is 4. The standard InChI is InChI=1S/C28H28ClN5O4/c1-17-26(33-38-32-17)24-9-5-15-34(24)28(37)19-12-14-21-23(16-19)30-22(8-2-3-10-25(35)36)27(31-21)18-6-4-7-20(29)13-11-18/h4,7,11-14,16,24H,2-3,5-6,8-10,15H2,1H3,(H,35,36). The predicted octanol–water partition coefficient (Wildman–Crippen LogP) is 5.56. The molecule has 1 unspecified atom stereocenters. The first-order valence-corrected chi connectivity index (χ1v) is 13.1. The number of benzene rings is 1. The van der Waals surface area contributed by atoms with Crippen LogP contribution in [0.25, 0.3) is 16.6 Å². The van der Waals surface area contributed by atoms with Gasteiger partial charge in [-0.2, -0.15) is 0 Å². The molecule has 10 heteroatoms. The summed E-state index contributed by atoms with van der Waals surface area (Å²) in [6, 6.07) is 5.24. The van der Waals surface area contributed by atoms with E-state index >= 15 is 0 Å². The molecular weight excluding hydrogens is 506 g/mol. The van der Waals surface area contributed by atoms with Crippen LogP contribution in [-0.4, -0.2) is 48.7 Å². The zero-order chi connectivity index (χ0) is 26.6. The Balaban J connectivity index is 1.48. The van der Waals surface area contributed by atoms with Gasteiger partial charge in [0.05, 0.1) is 28.5 Å². The highest BCUT2D eigenvalue weighted by atomic mass is 35.5. The first kappa shape index (κ1) is 25.8. The molecule has 3 aromatic rings. The van der Waals surface area contributed by atoms with Crippen molar-refractivity contribution in [3.05, 3.63) is 75.9 Å². The highest BCUT2D eigenvalue weighted by Crippen LogP contribution is 2.34. The lowest BCUT2D eigenvalue weighted by Gasteiger charge is -2.23. The Kier molecular flexibility index (Phi) is 7.64. The summed E-state index contributed by atoms with van der Waals surface area (Å²) in [4.78, 5) is 36.2. The number of likely N-dealkylation sites (tertiary alicyclic amines) is 1. The van der Waals surface area contributed by atoms with Crippen molar-refractivity contribution in [2.45, 2.75) is 57.9 Å². The first-order chi connectivity index (χ1) is 18.4. The monoisotopic (exact) mass is 533 g/mol. The minimum Gasteiger partial charge on any atom is -0.481 e. The number of rotatable bonds is 8. The smallest absolute Gasteiger partial charge is 0.303 e. The molecule has 2 aliphatic rings. The summed E-state index contributed by atoms with van der Waals surface area (Å²) >= 11 is 6.18. The number of hydrogen-bond donors (Lipinski definition) is 1. The van der Waals surface area contributed by atoms with E-state index in [1.807, 2.05) is 42.2 Å². The average Bonchev–Trinajstić information content (AvgIpc) is 3.50. The molecule has 1 aromatic carbocycles. The van der Waals surface area contributed by atoms with Crippen LogP contribution in [-0.2, 0) is 11.2 Å². The summed E-state index contributed by atoms with van der Waals surface area (Å²) in [5, 5.41) is 17.6. The van der Waals surface area contributed by atoms with E-state index in [0.717, 1.165) is 29.8 Å². The molecule has 196 valence electrons. The molecule has 0 saturated carbocycles. The molecule has 9 nitrogen and oxygen atoms in total. The summed E-state index contributed by atoms with van der Waals surface area (Å²) in [6.07, 6.45) is 11.9. The molecule has 1 amide bonds. The van der Waals surface area contributed by atoms with Crippen molar-refractivity contribution in [1.82, 2.24) is 25.2 Å². The molecule has 2 aromatic heterocycles. The van der Waals surface area contributed by atoms with Crippen molar-refractivity contribution in [2.24, 2.45) is 0 Å². The van der Waals surface area contributed by atoms with Crippen LogP contribution in [0.1, 0.15) is 77.7 Å². The van der Waals surface area contributed by atoms with E-state index in [4.69, 9.17) is 31.3 Å². The van der Waals surface area contributed by atoms with E-state index in [1.165, 1.54) is 0 Å². The number of carboxylic acid groups (broad SMARTS) is 1. The number of unbranched alkanes of at least 4 members (excludes halogenated alkanes) is 1. The third kappa shape index (κ3) is 5.52. The number of fused-ring (bicyclic) bond motifs is 1. The number of amides is 1. The van der Waals surface area contributed by atoms with Gasteiger partial charge in [0.1, 0.15) is 11.4 Å². The molecule has 1 aliphatic heterocycles. The number of carboxylic acids is 1. The van der Waals surface area contributed by atoms with Crippen LogP contribution >= 0.6 is 11.6 Å². The Morgan fingerprint density at radius 2 is 2.03 bits per heavy atom.